The summed E-state index contributed by atoms with van der Waals surface area (Å²) in [5, 5.41) is 6.01. The molecular formula is C17H20N2O3S. The van der Waals surface area contributed by atoms with Gasteiger partial charge in [0.15, 0.2) is 11.5 Å². The lowest BCUT2D eigenvalue weighted by Crippen LogP contribution is -2.31. The summed E-state index contributed by atoms with van der Waals surface area (Å²) in [7, 11) is 1.53. The summed E-state index contributed by atoms with van der Waals surface area (Å²) in [6.45, 7) is 6.08. The van der Waals surface area contributed by atoms with E-state index in [1.165, 1.54) is 18.4 Å². The van der Waals surface area contributed by atoms with Crippen molar-refractivity contribution in [2.45, 2.75) is 26.3 Å². The van der Waals surface area contributed by atoms with E-state index in [-0.39, 0.29) is 5.54 Å². The van der Waals surface area contributed by atoms with E-state index in [1.54, 1.807) is 30.5 Å². The van der Waals surface area contributed by atoms with Crippen molar-refractivity contribution in [3.8, 4) is 11.5 Å². The fourth-order valence-corrected chi connectivity index (χ4v) is 2.29. The number of esters is 1. The Morgan fingerprint density at radius 1 is 1.26 bits per heavy atom. The van der Waals surface area contributed by atoms with Crippen LogP contribution in [0.5, 0.6) is 11.5 Å². The maximum Gasteiger partial charge on any atom is 0.353 e. The van der Waals surface area contributed by atoms with Crippen LogP contribution in [0.1, 0.15) is 36.0 Å². The van der Waals surface area contributed by atoms with E-state index in [2.05, 4.69) is 10.5 Å². The van der Waals surface area contributed by atoms with E-state index in [1.807, 2.05) is 32.2 Å². The predicted molar refractivity (Wildman–Crippen MR) is 92.8 cm³/mol. The van der Waals surface area contributed by atoms with Crippen LogP contribution in [-0.2, 0) is 0 Å². The van der Waals surface area contributed by atoms with Crippen molar-refractivity contribution < 1.29 is 14.3 Å². The van der Waals surface area contributed by atoms with Crippen LogP contribution in [0.15, 0.2) is 40.8 Å². The molecule has 1 aromatic heterocycles. The molecule has 0 atom stereocenters. The summed E-state index contributed by atoms with van der Waals surface area (Å²) in [5.41, 5.74) is 3.76. The minimum atomic E-state index is -0.394. The molecule has 2 rings (SSSR count). The molecule has 0 radical (unpaired) electrons. The van der Waals surface area contributed by atoms with Crippen LogP contribution >= 0.6 is 11.3 Å². The average molecular weight is 332 g/mol. The molecule has 0 aliphatic carbocycles. The van der Waals surface area contributed by atoms with E-state index >= 15 is 0 Å². The molecule has 122 valence electrons. The fourth-order valence-electron chi connectivity index (χ4n) is 1.69. The minimum absolute atomic E-state index is 0.100. The molecule has 0 fully saturated rings. The Labute approximate surface area is 139 Å². The molecule has 23 heavy (non-hydrogen) atoms. The van der Waals surface area contributed by atoms with Gasteiger partial charge in [0.05, 0.1) is 13.3 Å². The third-order valence-electron chi connectivity index (χ3n) is 2.73. The summed E-state index contributed by atoms with van der Waals surface area (Å²) in [4.78, 5) is 12.6. The average Bonchev–Trinajstić information content (AvgIpc) is 3.01. The van der Waals surface area contributed by atoms with Gasteiger partial charge in [-0.3, -0.25) is 0 Å². The molecule has 2 aromatic rings. The molecule has 0 saturated heterocycles. The molecule has 0 aliphatic heterocycles. The van der Waals surface area contributed by atoms with Crippen molar-refractivity contribution in [1.29, 1.82) is 0 Å². The molecule has 1 aromatic carbocycles. The van der Waals surface area contributed by atoms with Crippen molar-refractivity contribution in [1.82, 2.24) is 5.43 Å². The number of hydrogen-bond acceptors (Lipinski definition) is 6. The third kappa shape index (κ3) is 5.10. The van der Waals surface area contributed by atoms with Crippen LogP contribution in [0, 0.1) is 0 Å². The van der Waals surface area contributed by atoms with Crippen molar-refractivity contribution in [3.05, 3.63) is 46.2 Å². The highest BCUT2D eigenvalue weighted by Crippen LogP contribution is 2.28. The predicted octanol–water partition coefficient (Wildman–Crippen LogP) is 3.70. The summed E-state index contributed by atoms with van der Waals surface area (Å²) < 4.78 is 10.7. The lowest BCUT2D eigenvalue weighted by atomic mass is 10.1. The molecule has 0 saturated carbocycles. The smallest absolute Gasteiger partial charge is 0.353 e. The largest absolute Gasteiger partial charge is 0.493 e. The number of thiophene rings is 1. The zero-order valence-corrected chi connectivity index (χ0v) is 14.4. The van der Waals surface area contributed by atoms with Gasteiger partial charge in [-0.2, -0.15) is 5.10 Å². The van der Waals surface area contributed by atoms with Crippen LogP contribution in [0.25, 0.3) is 0 Å². The number of nitrogens with zero attached hydrogens (tertiary/aromatic N) is 1. The van der Waals surface area contributed by atoms with E-state index in [4.69, 9.17) is 9.47 Å². The Morgan fingerprint density at radius 3 is 2.65 bits per heavy atom. The van der Waals surface area contributed by atoms with E-state index in [0.717, 1.165) is 5.56 Å². The number of rotatable bonds is 5. The second-order valence-electron chi connectivity index (χ2n) is 5.90. The summed E-state index contributed by atoms with van der Waals surface area (Å²) in [5.74, 6) is 0.468. The van der Waals surface area contributed by atoms with Gasteiger partial charge in [0.25, 0.3) is 0 Å². The molecular weight excluding hydrogens is 312 g/mol. The maximum absolute atomic E-state index is 12.0. The lowest BCUT2D eigenvalue weighted by Gasteiger charge is -2.17. The normalized spacial score (nSPS) is 11.5. The number of hydrogen-bond donors (Lipinski definition) is 1. The molecule has 0 aliphatic rings. The van der Waals surface area contributed by atoms with Crippen LogP contribution in [0.2, 0.25) is 0 Å². The molecule has 0 spiro atoms. The fraction of sp³-hybridized carbons (Fsp3) is 0.294. The van der Waals surface area contributed by atoms with E-state index < -0.39 is 5.97 Å². The first-order valence-corrected chi connectivity index (χ1v) is 8.01. The number of carbonyl (C=O) groups is 1. The Hall–Kier alpha value is -2.34. The summed E-state index contributed by atoms with van der Waals surface area (Å²) in [6.07, 6.45) is 1.69. The minimum Gasteiger partial charge on any atom is -0.493 e. The second kappa shape index (κ2) is 7.28. The Kier molecular flexibility index (Phi) is 5.39. The molecule has 1 N–H and O–H groups in total. The van der Waals surface area contributed by atoms with Gasteiger partial charge in [-0.05, 0) is 56.0 Å². The van der Waals surface area contributed by atoms with E-state index in [0.29, 0.717) is 16.4 Å². The molecule has 1 heterocycles. The number of methoxy groups -OCH3 is 1. The summed E-state index contributed by atoms with van der Waals surface area (Å²) in [6, 6.07) is 8.81. The van der Waals surface area contributed by atoms with Crippen LogP contribution < -0.4 is 14.9 Å². The van der Waals surface area contributed by atoms with Crippen molar-refractivity contribution in [2.75, 3.05) is 7.11 Å². The first-order valence-electron chi connectivity index (χ1n) is 7.13. The molecule has 0 unspecified atom stereocenters. The molecule has 0 amide bonds. The van der Waals surface area contributed by atoms with Gasteiger partial charge >= 0.3 is 5.97 Å². The number of benzene rings is 1. The third-order valence-corrected chi connectivity index (χ3v) is 3.58. The highest BCUT2D eigenvalue weighted by atomic mass is 32.1. The number of nitrogens with one attached hydrogen (secondary N) is 1. The van der Waals surface area contributed by atoms with Gasteiger partial charge in [-0.1, -0.05) is 6.07 Å². The number of hydrazone groups is 1. The topological polar surface area (TPSA) is 59.9 Å². The first-order chi connectivity index (χ1) is 10.9. The Balaban J connectivity index is 2.12. The van der Waals surface area contributed by atoms with Crippen molar-refractivity contribution in [3.63, 3.8) is 0 Å². The molecule has 0 bridgehead atoms. The quantitative estimate of drug-likeness (QED) is 0.392. The molecule has 6 heteroatoms. The zero-order valence-electron chi connectivity index (χ0n) is 13.6. The van der Waals surface area contributed by atoms with Crippen LogP contribution in [0.3, 0.4) is 0 Å². The van der Waals surface area contributed by atoms with Gasteiger partial charge < -0.3 is 14.9 Å². The van der Waals surface area contributed by atoms with Gasteiger partial charge in [0, 0.05) is 5.54 Å². The Morgan fingerprint density at radius 2 is 2.04 bits per heavy atom. The highest BCUT2D eigenvalue weighted by Gasteiger charge is 2.13. The maximum atomic E-state index is 12.0. The zero-order chi connectivity index (χ0) is 16.9. The monoisotopic (exact) mass is 332 g/mol. The molecule has 5 nitrogen and oxygen atoms in total. The highest BCUT2D eigenvalue weighted by molar-refractivity contribution is 7.12. The van der Waals surface area contributed by atoms with Gasteiger partial charge in [0.1, 0.15) is 4.88 Å². The van der Waals surface area contributed by atoms with Crippen LogP contribution in [0.4, 0.5) is 0 Å². The lowest BCUT2D eigenvalue weighted by molar-refractivity contribution is 0.0735. The first kappa shape index (κ1) is 17.0. The van der Waals surface area contributed by atoms with Gasteiger partial charge in [0.2, 0.25) is 0 Å². The standard InChI is InChI=1S/C17H20N2O3S/c1-17(2,3)19-18-11-12-7-8-13(14(10-12)21-4)22-16(20)15-6-5-9-23-15/h5-11,19H,1-4H3/b18-11-. The van der Waals surface area contributed by atoms with Gasteiger partial charge in [-0.15, -0.1) is 11.3 Å². The SMILES string of the molecule is COc1cc(/C=N\NC(C)(C)C)ccc1OC(=O)c1cccs1. The summed E-state index contributed by atoms with van der Waals surface area (Å²) >= 11 is 1.34. The van der Waals surface area contributed by atoms with Gasteiger partial charge in [-0.25, -0.2) is 4.79 Å². The van der Waals surface area contributed by atoms with Crippen molar-refractivity contribution in [2.24, 2.45) is 5.10 Å². The second-order valence-corrected chi connectivity index (χ2v) is 6.84. The van der Waals surface area contributed by atoms with E-state index in [9.17, 15) is 4.79 Å². The number of ether oxygens (including phenoxy) is 2. The van der Waals surface area contributed by atoms with Crippen molar-refractivity contribution >= 4 is 23.5 Å². The number of carbonyl (C=O) groups excluding carboxylic acids is 1. The Bertz CT molecular complexity index is 688. The van der Waals surface area contributed by atoms with Crippen LogP contribution in [-0.4, -0.2) is 24.8 Å².